The molecule has 2 heterocycles. The van der Waals surface area contributed by atoms with E-state index in [9.17, 15) is 4.79 Å². The van der Waals surface area contributed by atoms with Crippen molar-refractivity contribution in [2.24, 2.45) is 0 Å². The highest BCUT2D eigenvalue weighted by atomic mass is 16.6. The lowest BCUT2D eigenvalue weighted by atomic mass is 10.2. The third-order valence-corrected chi connectivity index (χ3v) is 3.33. The van der Waals surface area contributed by atoms with Gasteiger partial charge in [-0.25, -0.2) is 4.79 Å². The van der Waals surface area contributed by atoms with Crippen LogP contribution in [-0.4, -0.2) is 37.5 Å². The Balaban J connectivity index is 2.18. The zero-order chi connectivity index (χ0) is 14.9. The number of aliphatic hydroxyl groups is 1. The lowest BCUT2D eigenvalue weighted by Gasteiger charge is -2.30. The van der Waals surface area contributed by atoms with Crippen LogP contribution in [0.4, 0.5) is 4.79 Å². The number of carbonyl (C=O) groups is 1. The Morgan fingerprint density at radius 2 is 2.25 bits per heavy atom. The Labute approximate surface area is 119 Å². The zero-order valence-electron chi connectivity index (χ0n) is 12.6. The fraction of sp³-hybridized carbons (Fsp3) is 0.714. The van der Waals surface area contributed by atoms with Gasteiger partial charge in [0.1, 0.15) is 5.60 Å². The van der Waals surface area contributed by atoms with E-state index in [4.69, 9.17) is 9.84 Å². The summed E-state index contributed by atoms with van der Waals surface area (Å²) in [6, 6.07) is 1.94. The molecule has 1 aromatic rings. The van der Waals surface area contributed by atoms with E-state index in [0.717, 1.165) is 18.7 Å². The van der Waals surface area contributed by atoms with E-state index in [1.807, 2.05) is 38.4 Å². The van der Waals surface area contributed by atoms with E-state index in [0.29, 0.717) is 12.2 Å². The monoisotopic (exact) mass is 281 g/mol. The molecule has 0 saturated heterocycles. The number of aryl methyl sites for hydroxylation is 1. The van der Waals surface area contributed by atoms with Gasteiger partial charge in [-0.1, -0.05) is 0 Å². The highest BCUT2D eigenvalue weighted by Crippen LogP contribution is 2.21. The Kier molecular flexibility index (Phi) is 4.04. The van der Waals surface area contributed by atoms with Crippen molar-refractivity contribution in [3.8, 4) is 0 Å². The molecule has 1 aliphatic heterocycles. The molecule has 1 aromatic heterocycles. The molecule has 2 rings (SSSR count). The lowest BCUT2D eigenvalue weighted by molar-refractivity contribution is 0.0156. The quantitative estimate of drug-likeness (QED) is 0.853. The van der Waals surface area contributed by atoms with Gasteiger partial charge in [0.05, 0.1) is 24.5 Å². The first-order chi connectivity index (χ1) is 9.30. The predicted molar refractivity (Wildman–Crippen MR) is 74.0 cm³/mol. The third-order valence-electron chi connectivity index (χ3n) is 3.33. The molecule has 1 N–H and O–H groups in total. The van der Waals surface area contributed by atoms with Gasteiger partial charge in [0.2, 0.25) is 0 Å². The minimum Gasteiger partial charge on any atom is -0.444 e. The second kappa shape index (κ2) is 5.44. The summed E-state index contributed by atoms with van der Waals surface area (Å²) in [5.41, 5.74) is 1.07. The van der Waals surface area contributed by atoms with Gasteiger partial charge in [-0.3, -0.25) is 9.58 Å². The Morgan fingerprint density at radius 3 is 2.85 bits per heavy atom. The molecule has 0 fully saturated rings. The lowest BCUT2D eigenvalue weighted by Crippen LogP contribution is -2.41. The molecule has 0 radical (unpaired) electrons. The Hall–Kier alpha value is -1.56. The van der Waals surface area contributed by atoms with Gasteiger partial charge in [-0.2, -0.15) is 5.10 Å². The van der Waals surface area contributed by atoms with Gasteiger partial charge < -0.3 is 9.84 Å². The number of fused-ring (bicyclic) bond motifs is 1. The van der Waals surface area contributed by atoms with Crippen LogP contribution in [0.5, 0.6) is 0 Å². The highest BCUT2D eigenvalue weighted by molar-refractivity contribution is 5.68. The smallest absolute Gasteiger partial charge is 0.410 e. The molecular weight excluding hydrogens is 258 g/mol. The highest BCUT2D eigenvalue weighted by Gasteiger charge is 2.29. The van der Waals surface area contributed by atoms with Crippen LogP contribution in [0.2, 0.25) is 0 Å². The van der Waals surface area contributed by atoms with E-state index < -0.39 is 5.60 Å². The number of hydrogen-bond donors (Lipinski definition) is 1. The SMILES string of the molecule is CC1CCn2nc(CO)cc2CN1C(=O)OC(C)(C)C. The molecular formula is C14H23N3O3. The van der Waals surface area contributed by atoms with E-state index >= 15 is 0 Å². The average molecular weight is 281 g/mol. The van der Waals surface area contributed by atoms with Crippen molar-refractivity contribution in [3.63, 3.8) is 0 Å². The molecule has 20 heavy (non-hydrogen) atoms. The number of ether oxygens (including phenoxy) is 1. The van der Waals surface area contributed by atoms with Crippen molar-refractivity contribution >= 4 is 6.09 Å². The van der Waals surface area contributed by atoms with Crippen LogP contribution in [0.1, 0.15) is 45.5 Å². The summed E-state index contributed by atoms with van der Waals surface area (Å²) in [7, 11) is 0. The summed E-state index contributed by atoms with van der Waals surface area (Å²) >= 11 is 0. The molecule has 6 heteroatoms. The van der Waals surface area contributed by atoms with Gasteiger partial charge in [0.15, 0.2) is 0 Å². The van der Waals surface area contributed by atoms with Crippen molar-refractivity contribution in [1.29, 1.82) is 0 Å². The second-order valence-electron chi connectivity index (χ2n) is 6.25. The number of aromatic nitrogens is 2. The molecule has 0 aromatic carbocycles. The number of aliphatic hydroxyl groups excluding tert-OH is 1. The van der Waals surface area contributed by atoms with E-state index in [-0.39, 0.29) is 18.7 Å². The Bertz CT molecular complexity index is 490. The van der Waals surface area contributed by atoms with E-state index in [2.05, 4.69) is 5.10 Å². The van der Waals surface area contributed by atoms with Crippen LogP contribution in [-0.2, 0) is 24.4 Å². The van der Waals surface area contributed by atoms with Crippen LogP contribution in [0.3, 0.4) is 0 Å². The maximum Gasteiger partial charge on any atom is 0.410 e. The van der Waals surface area contributed by atoms with Crippen LogP contribution >= 0.6 is 0 Å². The Morgan fingerprint density at radius 1 is 1.55 bits per heavy atom. The van der Waals surface area contributed by atoms with Gasteiger partial charge in [0.25, 0.3) is 0 Å². The molecule has 6 nitrogen and oxygen atoms in total. The molecule has 0 spiro atoms. The summed E-state index contributed by atoms with van der Waals surface area (Å²) in [6.07, 6.45) is 0.518. The summed E-state index contributed by atoms with van der Waals surface area (Å²) in [5, 5.41) is 13.5. The van der Waals surface area contributed by atoms with Crippen molar-refractivity contribution in [2.75, 3.05) is 0 Å². The first-order valence-electron chi connectivity index (χ1n) is 6.96. The molecule has 1 unspecified atom stereocenters. The largest absolute Gasteiger partial charge is 0.444 e. The molecule has 0 aliphatic carbocycles. The van der Waals surface area contributed by atoms with Crippen LogP contribution < -0.4 is 0 Å². The van der Waals surface area contributed by atoms with Crippen molar-refractivity contribution in [2.45, 2.75) is 65.5 Å². The number of rotatable bonds is 1. The maximum atomic E-state index is 12.3. The van der Waals surface area contributed by atoms with Gasteiger partial charge in [-0.05, 0) is 40.2 Å². The topological polar surface area (TPSA) is 67.6 Å². The second-order valence-corrected chi connectivity index (χ2v) is 6.25. The fourth-order valence-electron chi connectivity index (χ4n) is 2.27. The van der Waals surface area contributed by atoms with Crippen LogP contribution in [0.25, 0.3) is 0 Å². The molecule has 0 saturated carbocycles. The standard InChI is InChI=1S/C14H23N3O3/c1-10-5-6-17-12(7-11(9-18)15-17)8-16(10)13(19)20-14(2,3)4/h7,10,18H,5-6,8-9H2,1-4H3. The summed E-state index contributed by atoms with van der Waals surface area (Å²) < 4.78 is 7.33. The predicted octanol–water partition coefficient (Wildman–Crippen LogP) is 1.90. The first kappa shape index (κ1) is 14.8. The normalized spacial score (nSPS) is 19.4. The molecule has 1 atom stereocenters. The van der Waals surface area contributed by atoms with E-state index in [1.165, 1.54) is 0 Å². The summed E-state index contributed by atoms with van der Waals surface area (Å²) in [6.45, 7) is 8.73. The van der Waals surface area contributed by atoms with E-state index in [1.54, 1.807) is 4.90 Å². The minimum atomic E-state index is -0.500. The third kappa shape index (κ3) is 3.30. The molecule has 112 valence electrons. The van der Waals surface area contributed by atoms with Crippen molar-refractivity contribution in [3.05, 3.63) is 17.5 Å². The van der Waals surface area contributed by atoms with Gasteiger partial charge in [0, 0.05) is 12.6 Å². The first-order valence-corrected chi connectivity index (χ1v) is 6.96. The van der Waals surface area contributed by atoms with Gasteiger partial charge >= 0.3 is 6.09 Å². The fourth-order valence-corrected chi connectivity index (χ4v) is 2.27. The minimum absolute atomic E-state index is 0.0814. The van der Waals surface area contributed by atoms with Gasteiger partial charge in [-0.15, -0.1) is 0 Å². The number of carbonyl (C=O) groups excluding carboxylic acids is 1. The van der Waals surface area contributed by atoms with Crippen molar-refractivity contribution < 1.29 is 14.6 Å². The zero-order valence-corrected chi connectivity index (χ0v) is 12.6. The van der Waals surface area contributed by atoms with Crippen LogP contribution in [0, 0.1) is 0 Å². The maximum absolute atomic E-state index is 12.3. The summed E-state index contributed by atoms with van der Waals surface area (Å²) in [4.78, 5) is 14.0. The average Bonchev–Trinajstić information content (AvgIpc) is 2.66. The number of hydrogen-bond acceptors (Lipinski definition) is 4. The number of amides is 1. The summed E-state index contributed by atoms with van der Waals surface area (Å²) in [5.74, 6) is 0. The molecule has 1 aliphatic rings. The van der Waals surface area contributed by atoms with Crippen LogP contribution in [0.15, 0.2) is 6.07 Å². The number of nitrogens with zero attached hydrogens (tertiary/aromatic N) is 3. The molecule has 1 amide bonds. The molecule has 0 bridgehead atoms. The van der Waals surface area contributed by atoms with Crippen molar-refractivity contribution in [1.82, 2.24) is 14.7 Å².